The van der Waals surface area contributed by atoms with Gasteiger partial charge < -0.3 is 40.4 Å². The van der Waals surface area contributed by atoms with Gasteiger partial charge >= 0.3 is 6.18 Å². The number of nitrogens with two attached hydrogens (primary N) is 1. The smallest absolute Gasteiger partial charge is 0.420 e. The molecule has 2 aromatic heterocycles. The number of carbonyl (C=O) groups is 5. The van der Waals surface area contributed by atoms with E-state index in [0.717, 1.165) is 33.8 Å². The molecule has 2 aliphatic rings. The molecule has 0 radical (unpaired) electrons. The fourth-order valence-corrected chi connectivity index (χ4v) is 9.57. The van der Waals surface area contributed by atoms with E-state index in [1.807, 2.05) is 52.0 Å². The van der Waals surface area contributed by atoms with Crippen LogP contribution in [0.25, 0.3) is 10.4 Å². The van der Waals surface area contributed by atoms with E-state index in [9.17, 15) is 42.4 Å². The Hall–Kier alpha value is -6.61. The number of pyridine rings is 1. The van der Waals surface area contributed by atoms with Gasteiger partial charge in [0.15, 0.2) is 10.9 Å². The fourth-order valence-electron chi connectivity index (χ4n) is 8.24. The maximum atomic E-state index is 15.5. The predicted octanol–water partition coefficient (Wildman–Crippen LogP) is 6.59. The first kappa shape index (κ1) is 54.7. The number of alkyl halides is 3. The summed E-state index contributed by atoms with van der Waals surface area (Å²) in [5.74, 6) is -4.95. The number of aromatic nitrogens is 2. The van der Waals surface area contributed by atoms with Gasteiger partial charge in [0.05, 0.1) is 65.1 Å². The Labute approximate surface area is 423 Å². The van der Waals surface area contributed by atoms with Gasteiger partial charge in [-0.3, -0.25) is 28.9 Å². The molecule has 17 nitrogen and oxygen atoms in total. The summed E-state index contributed by atoms with van der Waals surface area (Å²) in [4.78, 5) is 79.4. The van der Waals surface area contributed by atoms with Crippen molar-refractivity contribution in [2.24, 2.45) is 11.1 Å². The minimum absolute atomic E-state index is 0.0389. The lowest BCUT2D eigenvalue weighted by Gasteiger charge is -2.35. The van der Waals surface area contributed by atoms with Crippen molar-refractivity contribution >= 4 is 69.6 Å². The molecule has 4 N–H and O–H groups in total. The number of unbranched alkanes of at least 4 members (excludes halogenated alkanes) is 1. The van der Waals surface area contributed by atoms with Gasteiger partial charge in [0.1, 0.15) is 35.4 Å². The standard InChI is InChI=1S/C49H55F4N9O8S2/c1-28-39(72-27-58-28)30-13-11-29(12-14-30)24-56-42(65)35-10-9-17-60(35)44(66)40(47(2,3)4)59-36(63)26-69-21-20-68-18-7-8-19-70-43-33(41(55)64)22-32(25-57-43)62-46(71)61(45(67)48(62,5)6)34-16-15-31(23-54)37(38(34)50)49(51,52)53/h11-16,22,25,27,35,40H,7-10,17-21,24,26H2,1-6H3,(H2,55,64)(H,56,65)(H,59,63). The normalized spacial score (nSPS) is 16.2. The lowest BCUT2D eigenvalue weighted by atomic mass is 9.85. The summed E-state index contributed by atoms with van der Waals surface area (Å²) in [5.41, 5.74) is 4.28. The topological polar surface area (TPSA) is 222 Å². The van der Waals surface area contributed by atoms with E-state index in [1.54, 1.807) is 21.7 Å². The maximum Gasteiger partial charge on any atom is 0.420 e. The van der Waals surface area contributed by atoms with Gasteiger partial charge in [-0.1, -0.05) is 45.0 Å². The van der Waals surface area contributed by atoms with Crippen LogP contribution in [0.3, 0.4) is 0 Å². The summed E-state index contributed by atoms with van der Waals surface area (Å²) in [5, 5.41) is 14.5. The van der Waals surface area contributed by atoms with Crippen LogP contribution in [0, 0.1) is 29.5 Å². The third-order valence-electron chi connectivity index (χ3n) is 12.0. The summed E-state index contributed by atoms with van der Waals surface area (Å²) in [7, 11) is 0. The van der Waals surface area contributed by atoms with Crippen LogP contribution in [0.2, 0.25) is 0 Å². The zero-order valence-corrected chi connectivity index (χ0v) is 42.1. The lowest BCUT2D eigenvalue weighted by molar-refractivity contribution is -0.144. The van der Waals surface area contributed by atoms with Crippen molar-refractivity contribution < 1.29 is 55.7 Å². The van der Waals surface area contributed by atoms with Gasteiger partial charge in [0.2, 0.25) is 23.6 Å². The number of ether oxygens (including phenoxy) is 3. The molecule has 0 spiro atoms. The highest BCUT2D eigenvalue weighted by molar-refractivity contribution is 7.81. The monoisotopic (exact) mass is 1040 g/mol. The van der Waals surface area contributed by atoms with E-state index in [-0.39, 0.29) is 62.0 Å². The Morgan fingerprint density at radius 3 is 2.36 bits per heavy atom. The van der Waals surface area contributed by atoms with Crippen molar-refractivity contribution in [2.75, 3.05) is 49.4 Å². The van der Waals surface area contributed by atoms with Crippen LogP contribution in [-0.2, 0) is 41.4 Å². The molecule has 4 aromatic rings. The van der Waals surface area contributed by atoms with Crippen molar-refractivity contribution in [3.63, 3.8) is 0 Å². The van der Waals surface area contributed by atoms with E-state index in [2.05, 4.69) is 20.6 Å². The largest absolute Gasteiger partial charge is 0.477 e. The van der Waals surface area contributed by atoms with E-state index < -0.39 is 74.7 Å². The van der Waals surface area contributed by atoms with Gasteiger partial charge in [-0.2, -0.15) is 18.4 Å². The highest BCUT2D eigenvalue weighted by Gasteiger charge is 2.52. The summed E-state index contributed by atoms with van der Waals surface area (Å²) in [6.45, 7) is 11.2. The molecule has 5 amide bonds. The first-order chi connectivity index (χ1) is 34.0. The van der Waals surface area contributed by atoms with Crippen molar-refractivity contribution in [1.82, 2.24) is 25.5 Å². The van der Waals surface area contributed by atoms with Crippen LogP contribution >= 0.6 is 23.6 Å². The number of thiocarbonyl (C=S) groups is 1. The van der Waals surface area contributed by atoms with Gasteiger partial charge in [-0.25, -0.2) is 14.4 Å². The zero-order chi connectivity index (χ0) is 52.7. The van der Waals surface area contributed by atoms with Gasteiger partial charge in [-0.05, 0) is 93.4 Å². The van der Waals surface area contributed by atoms with Crippen molar-refractivity contribution in [3.05, 3.63) is 87.9 Å². The molecule has 23 heteroatoms. The van der Waals surface area contributed by atoms with Gasteiger partial charge in [-0.15, -0.1) is 11.3 Å². The zero-order valence-electron chi connectivity index (χ0n) is 40.5. The Morgan fingerprint density at radius 1 is 1.03 bits per heavy atom. The number of primary amides is 1. The number of carbonyl (C=O) groups excluding carboxylic acids is 5. The fraction of sp³-hybridized carbons (Fsp3) is 0.449. The number of halogens is 4. The number of likely N-dealkylation sites (tertiary alicyclic amines) is 1. The van der Waals surface area contributed by atoms with Crippen LogP contribution in [0.4, 0.5) is 28.9 Å². The second-order valence-corrected chi connectivity index (χ2v) is 19.8. The van der Waals surface area contributed by atoms with Gasteiger partial charge in [0.25, 0.3) is 11.8 Å². The number of thiazole rings is 1. The maximum absolute atomic E-state index is 15.5. The SMILES string of the molecule is Cc1ncsc1-c1ccc(CNC(=O)C2CCCN2C(=O)C(NC(=O)COCCOCCCCOc2ncc(N3C(=S)N(c4ccc(C#N)c(C(F)(F)F)c4F)C(=O)C3(C)C)cc2C(N)=O)C(C)(C)C)cc1. The second kappa shape index (κ2) is 22.9. The second-order valence-electron chi connectivity index (χ2n) is 18.6. The molecular formula is C49H55F4N9O8S2. The Kier molecular flexibility index (Phi) is 17.4. The molecule has 2 aliphatic heterocycles. The van der Waals surface area contributed by atoms with Crippen LogP contribution in [-0.4, -0.2) is 107 Å². The predicted molar refractivity (Wildman–Crippen MR) is 262 cm³/mol. The van der Waals surface area contributed by atoms with Crippen molar-refractivity contribution in [3.8, 4) is 22.4 Å². The first-order valence-electron chi connectivity index (χ1n) is 22.9. The summed E-state index contributed by atoms with van der Waals surface area (Å²) in [6.07, 6.45) is -1.94. The van der Waals surface area contributed by atoms with E-state index in [4.69, 9.17) is 32.2 Å². The third kappa shape index (κ3) is 12.3. The first-order valence-corrected chi connectivity index (χ1v) is 24.2. The number of rotatable bonds is 20. The highest BCUT2D eigenvalue weighted by atomic mass is 32.1. The Morgan fingerprint density at radius 2 is 1.72 bits per heavy atom. The molecule has 2 unspecified atom stereocenters. The molecule has 2 atom stereocenters. The summed E-state index contributed by atoms with van der Waals surface area (Å²) < 4.78 is 73.7. The third-order valence-corrected chi connectivity index (χ3v) is 13.3. The quantitative estimate of drug-likeness (QED) is 0.0484. The lowest BCUT2D eigenvalue weighted by Crippen LogP contribution is -2.58. The molecule has 0 saturated carbocycles. The molecule has 2 fully saturated rings. The number of anilines is 2. The molecular weight excluding hydrogens is 983 g/mol. The number of benzene rings is 2. The van der Waals surface area contributed by atoms with E-state index in [1.165, 1.54) is 37.1 Å². The molecule has 384 valence electrons. The average Bonchev–Trinajstić information content (AvgIpc) is 4.03. The van der Waals surface area contributed by atoms with E-state index >= 15 is 4.39 Å². The van der Waals surface area contributed by atoms with Crippen molar-refractivity contribution in [2.45, 2.75) is 97.6 Å². The van der Waals surface area contributed by atoms with Crippen LogP contribution in [0.5, 0.6) is 5.88 Å². The van der Waals surface area contributed by atoms with E-state index in [0.29, 0.717) is 43.7 Å². The number of nitriles is 1. The van der Waals surface area contributed by atoms with Gasteiger partial charge in [0, 0.05) is 19.7 Å². The van der Waals surface area contributed by atoms with Crippen LogP contribution < -0.4 is 30.9 Å². The minimum Gasteiger partial charge on any atom is -0.477 e. The van der Waals surface area contributed by atoms with Crippen molar-refractivity contribution in [1.29, 1.82) is 5.26 Å². The van der Waals surface area contributed by atoms with Crippen LogP contribution in [0.1, 0.15) is 93.0 Å². The molecule has 6 rings (SSSR count). The highest BCUT2D eigenvalue weighted by Crippen LogP contribution is 2.42. The van der Waals surface area contributed by atoms with Crippen LogP contribution in [0.15, 0.2) is 54.2 Å². The number of nitrogens with one attached hydrogen (secondary N) is 2. The Bertz CT molecular complexity index is 2740. The number of aryl methyl sites for hydroxylation is 1. The summed E-state index contributed by atoms with van der Waals surface area (Å²) in [6, 6.07) is 10.5. The molecule has 72 heavy (non-hydrogen) atoms. The molecule has 4 heterocycles. The Balaban J connectivity index is 0.921. The number of nitrogens with zero attached hydrogens (tertiary/aromatic N) is 6. The average molecular weight is 1040 g/mol. The molecule has 0 bridgehead atoms. The molecule has 0 aliphatic carbocycles. The molecule has 2 aromatic carbocycles. The number of hydrogen-bond acceptors (Lipinski definition) is 13. The molecule has 2 saturated heterocycles. The number of amides is 5. The minimum atomic E-state index is -5.25. The number of hydrogen-bond donors (Lipinski definition) is 3. The summed E-state index contributed by atoms with van der Waals surface area (Å²) >= 11 is 7.04.